The summed E-state index contributed by atoms with van der Waals surface area (Å²) in [5.74, 6) is 0.252. The van der Waals surface area contributed by atoms with Crippen LogP contribution < -0.4 is 20.7 Å². The summed E-state index contributed by atoms with van der Waals surface area (Å²) in [7, 11) is 0. The van der Waals surface area contributed by atoms with Gasteiger partial charge in [0, 0.05) is 28.4 Å². The van der Waals surface area contributed by atoms with Crippen molar-refractivity contribution in [2.45, 2.75) is 97.3 Å². The van der Waals surface area contributed by atoms with Gasteiger partial charge < -0.3 is 9.80 Å². The van der Waals surface area contributed by atoms with E-state index in [9.17, 15) is 0 Å². The van der Waals surface area contributed by atoms with E-state index in [1.807, 2.05) is 0 Å². The predicted octanol–water partition coefficient (Wildman–Crippen LogP) is 12.0. The molecule has 52 heavy (non-hydrogen) atoms. The molecular formula is C49H51BN2. The van der Waals surface area contributed by atoms with Crippen LogP contribution in [0.2, 0.25) is 0 Å². The van der Waals surface area contributed by atoms with Crippen LogP contribution in [0.5, 0.6) is 0 Å². The second kappa shape index (κ2) is 11.1. The Labute approximate surface area is 311 Å². The van der Waals surface area contributed by atoms with Crippen LogP contribution in [0.4, 0.5) is 28.4 Å². The Bertz CT molecular complexity index is 2380. The van der Waals surface area contributed by atoms with Crippen molar-refractivity contribution in [3.63, 3.8) is 0 Å². The molecule has 2 nitrogen and oxygen atoms in total. The van der Waals surface area contributed by atoms with E-state index in [-0.39, 0.29) is 34.8 Å². The van der Waals surface area contributed by atoms with Crippen molar-refractivity contribution in [3.05, 3.63) is 149 Å². The average Bonchev–Trinajstić information content (AvgIpc) is 3.42. The Morgan fingerprint density at radius 3 is 1.65 bits per heavy atom. The maximum absolute atomic E-state index is 2.71. The minimum Gasteiger partial charge on any atom is -0.334 e. The van der Waals surface area contributed by atoms with Crippen molar-refractivity contribution >= 4 is 56.8 Å². The minimum absolute atomic E-state index is 0.0230. The first kappa shape index (κ1) is 33.1. The zero-order valence-corrected chi connectivity index (χ0v) is 32.6. The summed E-state index contributed by atoms with van der Waals surface area (Å²) in [6, 6.07) is 45.3. The summed E-state index contributed by atoms with van der Waals surface area (Å²) in [6.07, 6.45) is 0. The van der Waals surface area contributed by atoms with Crippen molar-refractivity contribution in [2.75, 3.05) is 9.80 Å². The summed E-state index contributed by atoms with van der Waals surface area (Å²) >= 11 is 0. The van der Waals surface area contributed by atoms with Gasteiger partial charge in [-0.05, 0) is 127 Å². The maximum Gasteiger partial charge on any atom is 0.227 e. The van der Waals surface area contributed by atoms with Crippen molar-refractivity contribution in [1.82, 2.24) is 0 Å². The zero-order valence-electron chi connectivity index (χ0n) is 32.6. The molecule has 6 aromatic carbocycles. The SMILES string of the molecule is Cc1cc2c3c(c1)N(c1ccc(C(C)(C)C)cc1)C1c4cccc5cccc(c45)C1B3c1ccc(C(C)(C)C)cc1N2c1ccc(C(C)(C)C)cc1. The molecule has 2 aliphatic heterocycles. The molecule has 0 radical (unpaired) electrons. The fourth-order valence-electron chi connectivity index (χ4n) is 9.50. The number of benzene rings is 6. The summed E-state index contributed by atoms with van der Waals surface area (Å²) in [4.78, 5) is 5.30. The van der Waals surface area contributed by atoms with Gasteiger partial charge in [0.1, 0.15) is 0 Å². The van der Waals surface area contributed by atoms with Gasteiger partial charge in [-0.3, -0.25) is 0 Å². The molecule has 1 aliphatic carbocycles. The van der Waals surface area contributed by atoms with E-state index in [0.29, 0.717) is 0 Å². The molecule has 9 rings (SSSR count). The molecule has 0 amide bonds. The lowest BCUT2D eigenvalue weighted by Gasteiger charge is -2.50. The number of hydrogen-bond acceptors (Lipinski definition) is 2. The molecule has 0 spiro atoms. The van der Waals surface area contributed by atoms with Gasteiger partial charge in [-0.1, -0.05) is 135 Å². The van der Waals surface area contributed by atoms with Crippen molar-refractivity contribution < 1.29 is 0 Å². The molecule has 6 aromatic rings. The standard InChI is InChI=1S/C49H51BN2/c1-30-27-41-45-42(28-30)52(36-24-19-33(20-25-36)48(5,6)7)46-38-16-12-14-31-13-11-15-37(43(31)38)44(46)50(45)39-26-21-34(49(8,9)10)29-40(39)51(41)35-22-17-32(18-23-35)47(2,3)4/h11-29,44,46H,1-10H3. The van der Waals surface area contributed by atoms with E-state index in [4.69, 9.17) is 0 Å². The lowest BCUT2D eigenvalue weighted by atomic mass is 9.28. The number of fused-ring (bicyclic) bond motifs is 6. The van der Waals surface area contributed by atoms with E-state index >= 15 is 0 Å². The van der Waals surface area contributed by atoms with Crippen molar-refractivity contribution in [2.24, 2.45) is 0 Å². The van der Waals surface area contributed by atoms with Gasteiger partial charge in [0.25, 0.3) is 0 Å². The first-order valence-corrected chi connectivity index (χ1v) is 19.2. The predicted molar refractivity (Wildman–Crippen MR) is 225 cm³/mol. The largest absolute Gasteiger partial charge is 0.334 e. The summed E-state index contributed by atoms with van der Waals surface area (Å²) in [5, 5.41) is 2.78. The third-order valence-corrected chi connectivity index (χ3v) is 12.2. The molecule has 2 unspecified atom stereocenters. The normalized spacial score (nSPS) is 17.7. The van der Waals surface area contributed by atoms with Crippen LogP contribution in [0.1, 0.15) is 108 Å². The molecular weight excluding hydrogens is 627 g/mol. The maximum atomic E-state index is 2.71. The van der Waals surface area contributed by atoms with Crippen LogP contribution in [0.15, 0.2) is 115 Å². The van der Waals surface area contributed by atoms with Gasteiger partial charge in [0.2, 0.25) is 6.71 Å². The minimum atomic E-state index is 0.0230. The molecule has 0 fully saturated rings. The molecule has 0 saturated carbocycles. The van der Waals surface area contributed by atoms with Crippen LogP contribution in [0.3, 0.4) is 0 Å². The second-order valence-corrected chi connectivity index (χ2v) is 18.8. The molecule has 2 heterocycles. The molecule has 0 saturated heterocycles. The van der Waals surface area contributed by atoms with Gasteiger partial charge in [0.05, 0.1) is 6.04 Å². The van der Waals surface area contributed by atoms with Gasteiger partial charge in [0.15, 0.2) is 0 Å². The van der Waals surface area contributed by atoms with Crippen molar-refractivity contribution in [1.29, 1.82) is 0 Å². The van der Waals surface area contributed by atoms with Gasteiger partial charge in [-0.25, -0.2) is 0 Å². The molecule has 0 bridgehead atoms. The highest BCUT2D eigenvalue weighted by Crippen LogP contribution is 2.57. The van der Waals surface area contributed by atoms with Crippen LogP contribution in [-0.2, 0) is 16.2 Å². The molecule has 2 atom stereocenters. The van der Waals surface area contributed by atoms with Crippen LogP contribution in [-0.4, -0.2) is 6.71 Å². The first-order valence-electron chi connectivity index (χ1n) is 19.2. The number of nitrogens with zero attached hydrogens (tertiary/aromatic N) is 2. The zero-order chi connectivity index (χ0) is 36.5. The van der Waals surface area contributed by atoms with E-state index in [1.54, 1.807) is 0 Å². The highest BCUT2D eigenvalue weighted by molar-refractivity contribution is 6.91. The highest BCUT2D eigenvalue weighted by Gasteiger charge is 2.54. The first-order chi connectivity index (χ1) is 24.6. The highest BCUT2D eigenvalue weighted by atomic mass is 15.2. The van der Waals surface area contributed by atoms with Crippen LogP contribution in [0, 0.1) is 6.92 Å². The number of rotatable bonds is 2. The number of hydrogen-bond donors (Lipinski definition) is 0. The summed E-state index contributed by atoms with van der Waals surface area (Å²) in [5.41, 5.74) is 17.8. The third kappa shape index (κ3) is 4.91. The van der Waals surface area contributed by atoms with Gasteiger partial charge in [-0.2, -0.15) is 0 Å². The van der Waals surface area contributed by atoms with Gasteiger partial charge >= 0.3 is 0 Å². The second-order valence-electron chi connectivity index (χ2n) is 18.8. The summed E-state index contributed by atoms with van der Waals surface area (Å²) < 4.78 is 0. The van der Waals surface area contributed by atoms with E-state index in [2.05, 4.69) is 194 Å². The Balaban J connectivity index is 1.37. The van der Waals surface area contributed by atoms with Gasteiger partial charge in [-0.15, -0.1) is 0 Å². The number of anilines is 5. The average molecular weight is 679 g/mol. The Kier molecular flexibility index (Phi) is 7.08. The number of aryl methyl sites for hydroxylation is 1. The van der Waals surface area contributed by atoms with Crippen LogP contribution in [0.25, 0.3) is 10.8 Å². The molecule has 0 N–H and O–H groups in total. The monoisotopic (exact) mass is 678 g/mol. The van der Waals surface area contributed by atoms with Crippen LogP contribution >= 0.6 is 0 Å². The topological polar surface area (TPSA) is 6.48 Å². The molecule has 0 aromatic heterocycles. The smallest absolute Gasteiger partial charge is 0.227 e. The quantitative estimate of drug-likeness (QED) is 0.168. The Morgan fingerprint density at radius 2 is 1.06 bits per heavy atom. The van der Waals surface area contributed by atoms with Crippen molar-refractivity contribution in [3.8, 4) is 0 Å². The van der Waals surface area contributed by atoms with E-state index in [0.717, 1.165) is 0 Å². The molecule has 3 heteroatoms. The fraction of sp³-hybridized carbons (Fsp3) is 0.306. The fourth-order valence-corrected chi connectivity index (χ4v) is 9.50. The Morgan fingerprint density at radius 1 is 0.519 bits per heavy atom. The Hall–Kier alpha value is -4.76. The lowest BCUT2D eigenvalue weighted by molar-refractivity contribution is 0.589. The summed E-state index contributed by atoms with van der Waals surface area (Å²) in [6.45, 7) is 23.3. The third-order valence-electron chi connectivity index (χ3n) is 12.2. The van der Waals surface area contributed by atoms with E-state index < -0.39 is 0 Å². The lowest BCUT2D eigenvalue weighted by Crippen LogP contribution is -2.60. The molecule has 260 valence electrons. The molecule has 3 aliphatic rings. The van der Waals surface area contributed by atoms with E-state index in [1.165, 1.54) is 83.5 Å².